The highest BCUT2D eigenvalue weighted by Gasteiger charge is 2.04. The quantitative estimate of drug-likeness (QED) is 0.753. The maximum atomic E-state index is 6.00. The molecule has 0 spiro atoms. The molecule has 0 amide bonds. The highest BCUT2D eigenvalue weighted by Crippen LogP contribution is 2.26. The van der Waals surface area contributed by atoms with Crippen LogP contribution in [-0.2, 0) is 11.3 Å². The Balaban J connectivity index is 2.00. The molecule has 0 bridgehead atoms. The van der Waals surface area contributed by atoms with Gasteiger partial charge in [0, 0.05) is 24.9 Å². The van der Waals surface area contributed by atoms with Gasteiger partial charge in [-0.1, -0.05) is 41.4 Å². The standard InChI is InChI=1S/C16H17Cl2NO2/c1-20-8-9-21-16-5-3-2-4-12(16)11-19-13-6-7-14(17)15(18)10-13/h2-7,10,19H,8-9,11H2,1H3. The van der Waals surface area contributed by atoms with Gasteiger partial charge in [-0.25, -0.2) is 0 Å². The third kappa shape index (κ3) is 4.81. The summed E-state index contributed by atoms with van der Waals surface area (Å²) in [5.41, 5.74) is 1.98. The molecule has 0 fully saturated rings. The van der Waals surface area contributed by atoms with Gasteiger partial charge in [-0.05, 0) is 24.3 Å². The maximum Gasteiger partial charge on any atom is 0.124 e. The average molecular weight is 326 g/mol. The largest absolute Gasteiger partial charge is 0.491 e. The zero-order valence-corrected chi connectivity index (χ0v) is 13.2. The van der Waals surface area contributed by atoms with Crippen LogP contribution in [0.4, 0.5) is 5.69 Å². The summed E-state index contributed by atoms with van der Waals surface area (Å²) in [6.07, 6.45) is 0. The molecule has 1 N–H and O–H groups in total. The molecule has 0 saturated heterocycles. The van der Waals surface area contributed by atoms with Crippen molar-refractivity contribution in [2.75, 3.05) is 25.6 Å². The highest BCUT2D eigenvalue weighted by molar-refractivity contribution is 6.42. The smallest absolute Gasteiger partial charge is 0.124 e. The van der Waals surface area contributed by atoms with E-state index >= 15 is 0 Å². The predicted molar refractivity (Wildman–Crippen MR) is 87.6 cm³/mol. The molecule has 112 valence electrons. The summed E-state index contributed by atoms with van der Waals surface area (Å²) in [4.78, 5) is 0. The first kappa shape index (κ1) is 16.0. The monoisotopic (exact) mass is 325 g/mol. The molecule has 0 unspecified atom stereocenters. The Bertz CT molecular complexity index is 590. The number of benzene rings is 2. The molecule has 0 saturated carbocycles. The lowest BCUT2D eigenvalue weighted by molar-refractivity contribution is 0.146. The minimum absolute atomic E-state index is 0.528. The van der Waals surface area contributed by atoms with Crippen molar-refractivity contribution in [3.8, 4) is 5.75 Å². The number of para-hydroxylation sites is 1. The molecule has 0 aliphatic rings. The van der Waals surface area contributed by atoms with Gasteiger partial charge in [0.2, 0.25) is 0 Å². The number of halogens is 2. The van der Waals surface area contributed by atoms with Gasteiger partial charge in [0.1, 0.15) is 12.4 Å². The van der Waals surface area contributed by atoms with Crippen LogP contribution < -0.4 is 10.1 Å². The second-order valence-corrected chi connectivity index (χ2v) is 5.25. The fourth-order valence-corrected chi connectivity index (χ4v) is 2.13. The summed E-state index contributed by atoms with van der Waals surface area (Å²) in [5.74, 6) is 0.849. The van der Waals surface area contributed by atoms with E-state index in [1.807, 2.05) is 30.3 Å². The van der Waals surface area contributed by atoms with Gasteiger partial charge >= 0.3 is 0 Å². The second kappa shape index (κ2) is 8.13. The fraction of sp³-hybridized carbons (Fsp3) is 0.250. The van der Waals surface area contributed by atoms with Gasteiger partial charge in [-0.3, -0.25) is 0 Å². The predicted octanol–water partition coefficient (Wildman–Crippen LogP) is 4.63. The van der Waals surface area contributed by atoms with E-state index in [0.29, 0.717) is 29.8 Å². The number of hydrogen-bond acceptors (Lipinski definition) is 3. The first-order valence-electron chi connectivity index (χ1n) is 6.59. The van der Waals surface area contributed by atoms with Crippen LogP contribution in [0.3, 0.4) is 0 Å². The molecule has 2 rings (SSSR count). The van der Waals surface area contributed by atoms with Gasteiger partial charge in [-0.15, -0.1) is 0 Å². The Hall–Kier alpha value is -1.42. The van der Waals surface area contributed by atoms with Crippen molar-refractivity contribution in [3.63, 3.8) is 0 Å². The molecule has 2 aromatic carbocycles. The van der Waals surface area contributed by atoms with Crippen LogP contribution in [0.2, 0.25) is 10.0 Å². The van der Waals surface area contributed by atoms with Crippen LogP contribution in [0.1, 0.15) is 5.56 Å². The lowest BCUT2D eigenvalue weighted by atomic mass is 10.2. The molecule has 0 radical (unpaired) electrons. The van der Waals surface area contributed by atoms with Crippen molar-refractivity contribution in [1.29, 1.82) is 0 Å². The van der Waals surface area contributed by atoms with Gasteiger partial charge in [0.05, 0.1) is 16.7 Å². The van der Waals surface area contributed by atoms with E-state index in [1.165, 1.54) is 0 Å². The summed E-state index contributed by atoms with van der Waals surface area (Å²) in [7, 11) is 1.65. The molecule has 0 atom stereocenters. The summed E-state index contributed by atoms with van der Waals surface area (Å²) >= 11 is 11.9. The Morgan fingerprint density at radius 2 is 1.81 bits per heavy atom. The van der Waals surface area contributed by atoms with Crippen LogP contribution in [0, 0.1) is 0 Å². The van der Waals surface area contributed by atoms with Gasteiger partial charge < -0.3 is 14.8 Å². The highest BCUT2D eigenvalue weighted by atomic mass is 35.5. The van der Waals surface area contributed by atoms with E-state index in [-0.39, 0.29) is 0 Å². The molecule has 2 aromatic rings. The summed E-state index contributed by atoms with van der Waals surface area (Å²) in [6, 6.07) is 13.4. The number of nitrogens with one attached hydrogen (secondary N) is 1. The molecular formula is C16H17Cl2NO2. The van der Waals surface area contributed by atoms with E-state index < -0.39 is 0 Å². The van der Waals surface area contributed by atoms with Gasteiger partial charge in [0.25, 0.3) is 0 Å². The molecule has 0 aliphatic carbocycles. The van der Waals surface area contributed by atoms with E-state index in [9.17, 15) is 0 Å². The molecule has 21 heavy (non-hydrogen) atoms. The lowest BCUT2D eigenvalue weighted by Crippen LogP contribution is -2.07. The van der Waals surface area contributed by atoms with Crippen molar-refractivity contribution >= 4 is 28.9 Å². The van der Waals surface area contributed by atoms with Crippen molar-refractivity contribution in [1.82, 2.24) is 0 Å². The van der Waals surface area contributed by atoms with Gasteiger partial charge in [-0.2, -0.15) is 0 Å². The molecule has 3 nitrogen and oxygen atoms in total. The van der Waals surface area contributed by atoms with Crippen LogP contribution in [0.5, 0.6) is 5.75 Å². The molecule has 5 heteroatoms. The first-order chi connectivity index (χ1) is 10.2. The Morgan fingerprint density at radius 1 is 1.00 bits per heavy atom. The van der Waals surface area contributed by atoms with Crippen molar-refractivity contribution in [2.24, 2.45) is 0 Å². The molecule has 0 aliphatic heterocycles. The number of ether oxygens (including phenoxy) is 2. The minimum atomic E-state index is 0.528. The summed E-state index contributed by atoms with van der Waals surface area (Å²) < 4.78 is 10.7. The van der Waals surface area contributed by atoms with Crippen LogP contribution in [0.15, 0.2) is 42.5 Å². The zero-order valence-electron chi connectivity index (χ0n) is 11.7. The summed E-state index contributed by atoms with van der Waals surface area (Å²) in [5, 5.41) is 4.39. The normalized spacial score (nSPS) is 10.4. The average Bonchev–Trinajstić information content (AvgIpc) is 2.50. The molecule has 0 aromatic heterocycles. The number of anilines is 1. The second-order valence-electron chi connectivity index (χ2n) is 4.43. The maximum absolute atomic E-state index is 6.00. The minimum Gasteiger partial charge on any atom is -0.491 e. The van der Waals surface area contributed by atoms with Gasteiger partial charge in [0.15, 0.2) is 0 Å². The third-order valence-electron chi connectivity index (χ3n) is 2.92. The van der Waals surface area contributed by atoms with E-state index in [0.717, 1.165) is 17.0 Å². The SMILES string of the molecule is COCCOc1ccccc1CNc1ccc(Cl)c(Cl)c1. The zero-order chi connectivity index (χ0) is 15.1. The Kier molecular flexibility index (Phi) is 6.18. The Labute approximate surface area is 134 Å². The first-order valence-corrected chi connectivity index (χ1v) is 7.35. The number of rotatable bonds is 7. The molecular weight excluding hydrogens is 309 g/mol. The van der Waals surface area contributed by atoms with Crippen molar-refractivity contribution in [3.05, 3.63) is 58.1 Å². The van der Waals surface area contributed by atoms with Crippen LogP contribution >= 0.6 is 23.2 Å². The third-order valence-corrected chi connectivity index (χ3v) is 3.66. The fourth-order valence-electron chi connectivity index (χ4n) is 1.83. The molecule has 0 heterocycles. The topological polar surface area (TPSA) is 30.5 Å². The Morgan fingerprint density at radius 3 is 2.57 bits per heavy atom. The number of methoxy groups -OCH3 is 1. The van der Waals surface area contributed by atoms with Crippen molar-refractivity contribution in [2.45, 2.75) is 6.54 Å². The van der Waals surface area contributed by atoms with Crippen LogP contribution in [-0.4, -0.2) is 20.3 Å². The van der Waals surface area contributed by atoms with E-state index in [4.69, 9.17) is 32.7 Å². The number of hydrogen-bond donors (Lipinski definition) is 1. The van der Waals surface area contributed by atoms with E-state index in [1.54, 1.807) is 19.2 Å². The summed E-state index contributed by atoms with van der Waals surface area (Å²) in [6.45, 7) is 1.73. The van der Waals surface area contributed by atoms with Crippen LogP contribution in [0.25, 0.3) is 0 Å². The van der Waals surface area contributed by atoms with Crippen molar-refractivity contribution < 1.29 is 9.47 Å². The lowest BCUT2D eigenvalue weighted by Gasteiger charge is -2.13. The van der Waals surface area contributed by atoms with E-state index in [2.05, 4.69) is 5.32 Å².